The molecule has 72 valence electrons. The first kappa shape index (κ1) is 9.93. The van der Waals surface area contributed by atoms with Gasteiger partial charge in [0.2, 0.25) is 0 Å². The van der Waals surface area contributed by atoms with Crippen LogP contribution in [0.1, 0.15) is 32.1 Å². The monoisotopic (exact) mass is 174 g/mol. The number of rotatable bonds is 3. The van der Waals surface area contributed by atoms with Crippen LogP contribution in [-0.2, 0) is 0 Å². The number of nitrogens with two attached hydrogens (primary N) is 1. The molecule has 0 radical (unpaired) electrons. The highest BCUT2D eigenvalue weighted by Gasteiger charge is 2.20. The summed E-state index contributed by atoms with van der Waals surface area (Å²) in [6.45, 7) is 1.43. The molecule has 2 unspecified atom stereocenters. The lowest BCUT2D eigenvalue weighted by molar-refractivity contribution is 0.233. The summed E-state index contributed by atoms with van der Waals surface area (Å²) in [5.74, 6) is 0. The van der Waals surface area contributed by atoms with Crippen LogP contribution in [0.4, 0.5) is 4.39 Å². The molecule has 0 saturated carbocycles. The van der Waals surface area contributed by atoms with Gasteiger partial charge in [-0.3, -0.25) is 0 Å². The quantitative estimate of drug-likeness (QED) is 0.675. The topological polar surface area (TPSA) is 38.0 Å². The molecule has 1 heterocycles. The first-order valence-corrected chi connectivity index (χ1v) is 4.92. The molecule has 1 saturated heterocycles. The van der Waals surface area contributed by atoms with Crippen LogP contribution in [0.25, 0.3) is 0 Å². The summed E-state index contributed by atoms with van der Waals surface area (Å²) in [6, 6.07) is 0.0658. The zero-order valence-corrected chi connectivity index (χ0v) is 7.56. The second-order valence-electron chi connectivity index (χ2n) is 3.50. The van der Waals surface area contributed by atoms with Crippen molar-refractivity contribution in [3.63, 3.8) is 0 Å². The Morgan fingerprint density at radius 1 is 1.42 bits per heavy atom. The van der Waals surface area contributed by atoms with Gasteiger partial charge < -0.3 is 11.1 Å². The Labute approximate surface area is 73.7 Å². The molecule has 0 spiro atoms. The second-order valence-corrected chi connectivity index (χ2v) is 3.50. The molecule has 3 heteroatoms. The largest absolute Gasteiger partial charge is 0.330 e. The molecule has 0 aromatic rings. The molecule has 2 atom stereocenters. The highest BCUT2D eigenvalue weighted by atomic mass is 19.1. The summed E-state index contributed by atoms with van der Waals surface area (Å²) in [5.41, 5.74) is 5.31. The fourth-order valence-electron chi connectivity index (χ4n) is 1.72. The Bertz CT molecular complexity index is 111. The maximum absolute atomic E-state index is 13.3. The van der Waals surface area contributed by atoms with E-state index in [1.54, 1.807) is 0 Å². The third-order valence-electron chi connectivity index (χ3n) is 2.48. The molecule has 0 amide bonds. The van der Waals surface area contributed by atoms with Gasteiger partial charge in [-0.15, -0.1) is 0 Å². The first-order valence-electron chi connectivity index (χ1n) is 4.92. The highest BCUT2D eigenvalue weighted by molar-refractivity contribution is 4.78. The third-order valence-corrected chi connectivity index (χ3v) is 2.48. The Kier molecular flexibility index (Phi) is 4.54. The Morgan fingerprint density at radius 3 is 3.00 bits per heavy atom. The molecule has 0 aromatic heterocycles. The number of halogens is 1. The van der Waals surface area contributed by atoms with E-state index >= 15 is 0 Å². The zero-order chi connectivity index (χ0) is 8.81. The van der Waals surface area contributed by atoms with Gasteiger partial charge in [0.05, 0.1) is 0 Å². The van der Waals surface area contributed by atoms with Gasteiger partial charge in [0.15, 0.2) is 0 Å². The van der Waals surface area contributed by atoms with Crippen molar-refractivity contribution < 1.29 is 4.39 Å². The predicted molar refractivity (Wildman–Crippen MR) is 48.8 cm³/mol. The SMILES string of the molecule is NCCC(F)C1CCCCCN1. The maximum Gasteiger partial charge on any atom is 0.117 e. The molecule has 12 heavy (non-hydrogen) atoms. The van der Waals surface area contributed by atoms with Crippen LogP contribution >= 0.6 is 0 Å². The molecule has 1 rings (SSSR count). The lowest BCUT2D eigenvalue weighted by atomic mass is 10.0. The summed E-state index contributed by atoms with van der Waals surface area (Å²) in [7, 11) is 0. The molecular formula is C9H19FN2. The van der Waals surface area contributed by atoms with Gasteiger partial charge >= 0.3 is 0 Å². The number of hydrogen-bond donors (Lipinski definition) is 2. The van der Waals surface area contributed by atoms with Crippen molar-refractivity contribution in [2.45, 2.75) is 44.3 Å². The van der Waals surface area contributed by atoms with Crippen molar-refractivity contribution >= 4 is 0 Å². The minimum absolute atomic E-state index is 0.0658. The zero-order valence-electron chi connectivity index (χ0n) is 7.56. The van der Waals surface area contributed by atoms with Crippen LogP contribution in [-0.4, -0.2) is 25.3 Å². The van der Waals surface area contributed by atoms with E-state index in [2.05, 4.69) is 5.32 Å². The molecule has 3 N–H and O–H groups in total. The van der Waals surface area contributed by atoms with Crippen LogP contribution in [0.2, 0.25) is 0 Å². The van der Waals surface area contributed by atoms with Crippen molar-refractivity contribution in [2.24, 2.45) is 5.73 Å². The van der Waals surface area contributed by atoms with Crippen LogP contribution < -0.4 is 11.1 Å². The summed E-state index contributed by atoms with van der Waals surface area (Å²) < 4.78 is 13.3. The van der Waals surface area contributed by atoms with Crippen molar-refractivity contribution in [1.82, 2.24) is 5.32 Å². The predicted octanol–water partition coefficient (Wildman–Crippen LogP) is 1.21. The molecule has 1 fully saturated rings. The smallest absolute Gasteiger partial charge is 0.117 e. The molecule has 1 aliphatic heterocycles. The molecule has 1 aliphatic rings. The van der Waals surface area contributed by atoms with Crippen molar-refractivity contribution in [2.75, 3.05) is 13.1 Å². The first-order chi connectivity index (χ1) is 5.84. The Hall–Kier alpha value is -0.150. The van der Waals surface area contributed by atoms with Gasteiger partial charge in [0.25, 0.3) is 0 Å². The van der Waals surface area contributed by atoms with E-state index in [0.717, 1.165) is 19.4 Å². The third kappa shape index (κ3) is 3.07. The summed E-state index contributed by atoms with van der Waals surface area (Å²) >= 11 is 0. The summed E-state index contributed by atoms with van der Waals surface area (Å²) in [6.07, 6.45) is 4.31. The van der Waals surface area contributed by atoms with Gasteiger partial charge in [-0.25, -0.2) is 4.39 Å². The van der Waals surface area contributed by atoms with Gasteiger partial charge in [-0.05, 0) is 32.4 Å². The van der Waals surface area contributed by atoms with Crippen molar-refractivity contribution in [3.8, 4) is 0 Å². The van der Waals surface area contributed by atoms with E-state index in [9.17, 15) is 4.39 Å². The van der Waals surface area contributed by atoms with Gasteiger partial charge in [0.1, 0.15) is 6.17 Å². The van der Waals surface area contributed by atoms with E-state index in [1.165, 1.54) is 12.8 Å². The lowest BCUT2D eigenvalue weighted by Crippen LogP contribution is -2.37. The normalized spacial score (nSPS) is 28.0. The van der Waals surface area contributed by atoms with E-state index in [0.29, 0.717) is 13.0 Å². The number of hydrogen-bond acceptors (Lipinski definition) is 2. The van der Waals surface area contributed by atoms with Crippen molar-refractivity contribution in [1.29, 1.82) is 0 Å². The van der Waals surface area contributed by atoms with E-state index < -0.39 is 6.17 Å². The molecule has 0 aliphatic carbocycles. The average Bonchev–Trinajstić information content (AvgIpc) is 2.32. The number of nitrogens with one attached hydrogen (secondary N) is 1. The molecule has 0 bridgehead atoms. The number of alkyl halides is 1. The van der Waals surface area contributed by atoms with E-state index in [1.807, 2.05) is 0 Å². The highest BCUT2D eigenvalue weighted by Crippen LogP contribution is 2.14. The van der Waals surface area contributed by atoms with Gasteiger partial charge in [0, 0.05) is 6.04 Å². The Balaban J connectivity index is 2.27. The minimum Gasteiger partial charge on any atom is -0.330 e. The fourth-order valence-corrected chi connectivity index (χ4v) is 1.72. The van der Waals surface area contributed by atoms with E-state index in [4.69, 9.17) is 5.73 Å². The van der Waals surface area contributed by atoms with Crippen LogP contribution in [0.5, 0.6) is 0 Å². The summed E-state index contributed by atoms with van der Waals surface area (Å²) in [4.78, 5) is 0. The van der Waals surface area contributed by atoms with Gasteiger partial charge in [-0.1, -0.05) is 12.8 Å². The minimum atomic E-state index is -0.743. The standard InChI is InChI=1S/C9H19FN2/c10-8(5-6-11)9-4-2-1-3-7-12-9/h8-9,12H,1-7,11H2. The van der Waals surface area contributed by atoms with Crippen LogP contribution in [0.3, 0.4) is 0 Å². The summed E-state index contributed by atoms with van der Waals surface area (Å²) in [5, 5.41) is 3.24. The molecular weight excluding hydrogens is 155 g/mol. The lowest BCUT2D eigenvalue weighted by Gasteiger charge is -2.19. The maximum atomic E-state index is 13.3. The second kappa shape index (κ2) is 5.49. The fraction of sp³-hybridized carbons (Fsp3) is 1.00. The average molecular weight is 174 g/mol. The van der Waals surface area contributed by atoms with Crippen LogP contribution in [0, 0.1) is 0 Å². The van der Waals surface area contributed by atoms with Crippen LogP contribution in [0.15, 0.2) is 0 Å². The van der Waals surface area contributed by atoms with Crippen molar-refractivity contribution in [3.05, 3.63) is 0 Å². The molecule has 2 nitrogen and oxygen atoms in total. The Morgan fingerprint density at radius 2 is 2.25 bits per heavy atom. The molecule has 0 aromatic carbocycles. The van der Waals surface area contributed by atoms with E-state index in [-0.39, 0.29) is 6.04 Å². The van der Waals surface area contributed by atoms with Gasteiger partial charge in [-0.2, -0.15) is 0 Å².